The van der Waals surface area contributed by atoms with E-state index in [-0.39, 0.29) is 30.1 Å². The molecule has 0 radical (unpaired) electrons. The zero-order chi connectivity index (χ0) is 14.0. The van der Waals surface area contributed by atoms with Crippen LogP contribution in [0.5, 0.6) is 0 Å². The first-order valence-electron chi connectivity index (χ1n) is 6.34. The van der Waals surface area contributed by atoms with Crippen molar-refractivity contribution in [3.05, 3.63) is 12.0 Å². The molecule has 0 bridgehead atoms. The van der Waals surface area contributed by atoms with Crippen molar-refractivity contribution in [2.75, 3.05) is 12.3 Å². The van der Waals surface area contributed by atoms with Crippen molar-refractivity contribution in [3.8, 4) is 0 Å². The van der Waals surface area contributed by atoms with Crippen LogP contribution in [0.2, 0.25) is 0 Å². The summed E-state index contributed by atoms with van der Waals surface area (Å²) in [4.78, 5) is 27.4. The fourth-order valence-electron chi connectivity index (χ4n) is 1.71. The van der Waals surface area contributed by atoms with E-state index in [9.17, 15) is 9.59 Å². The van der Waals surface area contributed by atoms with Crippen molar-refractivity contribution in [1.29, 1.82) is 0 Å². The van der Waals surface area contributed by atoms with Crippen molar-refractivity contribution in [2.45, 2.75) is 38.8 Å². The molecule has 1 aliphatic carbocycles. The molecule has 0 spiro atoms. The number of aromatic nitrogens is 2. The average Bonchev–Trinajstić information content (AvgIpc) is 3.09. The van der Waals surface area contributed by atoms with Crippen LogP contribution in [0.4, 0.5) is 5.82 Å². The first kappa shape index (κ1) is 13.4. The summed E-state index contributed by atoms with van der Waals surface area (Å²) in [5, 5.41) is 2.88. The molecular formula is C12H18N4O3. The highest BCUT2D eigenvalue weighted by atomic mass is 16.5. The molecule has 1 atom stereocenters. The number of carbonyl (C=O) groups excluding carboxylic acids is 2. The Labute approximate surface area is 111 Å². The largest absolute Gasteiger partial charge is 0.461 e. The molecule has 3 N–H and O–H groups in total. The van der Waals surface area contributed by atoms with Gasteiger partial charge in [0.05, 0.1) is 12.9 Å². The molecule has 1 unspecified atom stereocenters. The van der Waals surface area contributed by atoms with Gasteiger partial charge in [0.2, 0.25) is 5.91 Å². The molecule has 7 heteroatoms. The molecule has 1 aromatic rings. The van der Waals surface area contributed by atoms with Crippen molar-refractivity contribution in [2.24, 2.45) is 0 Å². The first-order chi connectivity index (χ1) is 9.04. The Balaban J connectivity index is 2.11. The minimum Gasteiger partial charge on any atom is -0.461 e. The molecule has 19 heavy (non-hydrogen) atoms. The van der Waals surface area contributed by atoms with Gasteiger partial charge in [-0.2, -0.15) is 0 Å². The zero-order valence-electron chi connectivity index (χ0n) is 11.0. The number of nitrogen functional groups attached to an aromatic ring is 1. The van der Waals surface area contributed by atoms with E-state index in [1.165, 1.54) is 10.9 Å². The summed E-state index contributed by atoms with van der Waals surface area (Å²) in [5.74, 6) is -0.549. The lowest BCUT2D eigenvalue weighted by atomic mass is 10.3. The summed E-state index contributed by atoms with van der Waals surface area (Å²) < 4.78 is 6.32. The fourth-order valence-corrected chi connectivity index (χ4v) is 1.71. The van der Waals surface area contributed by atoms with Gasteiger partial charge in [-0.3, -0.25) is 4.79 Å². The number of nitrogens with one attached hydrogen (secondary N) is 1. The van der Waals surface area contributed by atoms with Crippen molar-refractivity contribution in [3.63, 3.8) is 0 Å². The van der Waals surface area contributed by atoms with Gasteiger partial charge in [-0.15, -0.1) is 0 Å². The number of esters is 1. The highest BCUT2D eigenvalue weighted by Crippen LogP contribution is 2.22. The summed E-state index contributed by atoms with van der Waals surface area (Å²) in [5.41, 5.74) is 5.89. The fraction of sp³-hybridized carbons (Fsp3) is 0.583. The van der Waals surface area contributed by atoms with Gasteiger partial charge in [-0.05, 0) is 26.7 Å². The number of anilines is 1. The van der Waals surface area contributed by atoms with Crippen LogP contribution >= 0.6 is 0 Å². The Bertz CT molecular complexity index is 493. The number of nitrogens with two attached hydrogens (primary N) is 1. The number of hydrogen-bond donors (Lipinski definition) is 2. The standard InChI is InChI=1S/C12H18N4O3/c1-3-19-12(18)9-10(13)16(6-14-9)7(2)11(17)15-8-4-5-8/h6-8H,3-5,13H2,1-2H3,(H,15,17). The maximum atomic E-state index is 11.9. The molecule has 1 amide bonds. The van der Waals surface area contributed by atoms with Crippen LogP contribution in [-0.2, 0) is 9.53 Å². The van der Waals surface area contributed by atoms with Gasteiger partial charge in [-0.25, -0.2) is 9.78 Å². The first-order valence-corrected chi connectivity index (χ1v) is 6.34. The number of amides is 1. The predicted molar refractivity (Wildman–Crippen MR) is 68.5 cm³/mol. The number of imidazole rings is 1. The highest BCUT2D eigenvalue weighted by Gasteiger charge is 2.28. The van der Waals surface area contributed by atoms with Gasteiger partial charge in [-0.1, -0.05) is 0 Å². The molecule has 7 nitrogen and oxygen atoms in total. The van der Waals surface area contributed by atoms with Crippen LogP contribution < -0.4 is 11.1 Å². The summed E-state index contributed by atoms with van der Waals surface area (Å²) in [6, 6.07) is -0.222. The summed E-state index contributed by atoms with van der Waals surface area (Å²) in [7, 11) is 0. The van der Waals surface area contributed by atoms with Crippen LogP contribution in [0.15, 0.2) is 6.33 Å². The van der Waals surface area contributed by atoms with Gasteiger partial charge >= 0.3 is 5.97 Å². The molecule has 0 aliphatic heterocycles. The Morgan fingerprint density at radius 2 is 2.32 bits per heavy atom. The lowest BCUT2D eigenvalue weighted by Gasteiger charge is -2.14. The maximum absolute atomic E-state index is 11.9. The van der Waals surface area contributed by atoms with E-state index in [0.717, 1.165) is 12.8 Å². The van der Waals surface area contributed by atoms with Gasteiger partial charge in [0.1, 0.15) is 11.9 Å². The lowest BCUT2D eigenvalue weighted by Crippen LogP contribution is -2.32. The topological polar surface area (TPSA) is 99.2 Å². The Morgan fingerprint density at radius 3 is 2.89 bits per heavy atom. The van der Waals surface area contributed by atoms with Gasteiger partial charge in [0.25, 0.3) is 0 Å². The van der Waals surface area contributed by atoms with Crippen molar-refractivity contribution in [1.82, 2.24) is 14.9 Å². The minimum atomic E-state index is -0.575. The smallest absolute Gasteiger partial charge is 0.360 e. The quantitative estimate of drug-likeness (QED) is 0.755. The molecule has 2 rings (SSSR count). The third-order valence-corrected chi connectivity index (χ3v) is 3.02. The number of hydrogen-bond acceptors (Lipinski definition) is 5. The molecular weight excluding hydrogens is 248 g/mol. The number of carbonyl (C=O) groups is 2. The molecule has 1 aromatic heterocycles. The Kier molecular flexibility index (Phi) is 3.73. The molecule has 1 saturated carbocycles. The Morgan fingerprint density at radius 1 is 1.63 bits per heavy atom. The number of nitrogens with zero attached hydrogens (tertiary/aromatic N) is 2. The maximum Gasteiger partial charge on any atom is 0.360 e. The van der Waals surface area contributed by atoms with E-state index < -0.39 is 12.0 Å². The zero-order valence-corrected chi connectivity index (χ0v) is 11.0. The van der Waals surface area contributed by atoms with Crippen LogP contribution in [0.3, 0.4) is 0 Å². The number of ether oxygens (including phenoxy) is 1. The van der Waals surface area contributed by atoms with E-state index in [1.54, 1.807) is 13.8 Å². The normalized spacial score (nSPS) is 15.9. The van der Waals surface area contributed by atoms with Crippen LogP contribution in [0, 0.1) is 0 Å². The molecule has 1 heterocycles. The van der Waals surface area contributed by atoms with Gasteiger partial charge < -0.3 is 20.4 Å². The highest BCUT2D eigenvalue weighted by molar-refractivity contribution is 5.92. The lowest BCUT2D eigenvalue weighted by molar-refractivity contribution is -0.124. The monoisotopic (exact) mass is 266 g/mol. The Hall–Kier alpha value is -2.05. The van der Waals surface area contributed by atoms with Crippen LogP contribution in [0.1, 0.15) is 43.2 Å². The van der Waals surface area contributed by atoms with E-state index in [0.29, 0.717) is 0 Å². The summed E-state index contributed by atoms with van der Waals surface area (Å²) in [6.45, 7) is 3.67. The second-order valence-corrected chi connectivity index (χ2v) is 4.56. The van der Waals surface area contributed by atoms with E-state index in [4.69, 9.17) is 10.5 Å². The molecule has 0 aromatic carbocycles. The second kappa shape index (κ2) is 5.29. The van der Waals surface area contributed by atoms with Gasteiger partial charge in [0.15, 0.2) is 5.69 Å². The van der Waals surface area contributed by atoms with E-state index in [1.807, 2.05) is 0 Å². The third kappa shape index (κ3) is 2.86. The van der Waals surface area contributed by atoms with Crippen LogP contribution in [-0.4, -0.2) is 34.1 Å². The second-order valence-electron chi connectivity index (χ2n) is 4.56. The van der Waals surface area contributed by atoms with Crippen molar-refractivity contribution < 1.29 is 14.3 Å². The van der Waals surface area contributed by atoms with Crippen LogP contribution in [0.25, 0.3) is 0 Å². The predicted octanol–water partition coefficient (Wildman–Crippen LogP) is 0.482. The van der Waals surface area contributed by atoms with E-state index >= 15 is 0 Å². The average molecular weight is 266 g/mol. The molecule has 104 valence electrons. The molecule has 1 aliphatic rings. The molecule has 0 saturated heterocycles. The third-order valence-electron chi connectivity index (χ3n) is 3.02. The number of rotatable bonds is 5. The minimum absolute atomic E-state index is 0.0490. The molecule has 1 fully saturated rings. The van der Waals surface area contributed by atoms with E-state index in [2.05, 4.69) is 10.3 Å². The SMILES string of the molecule is CCOC(=O)c1ncn(C(C)C(=O)NC2CC2)c1N. The van der Waals surface area contributed by atoms with Gasteiger partial charge in [0, 0.05) is 6.04 Å². The summed E-state index contributed by atoms with van der Waals surface area (Å²) >= 11 is 0. The summed E-state index contributed by atoms with van der Waals surface area (Å²) in [6.07, 6.45) is 3.43. The van der Waals surface area contributed by atoms with Crippen molar-refractivity contribution >= 4 is 17.7 Å².